The number of aliphatic hydroxyl groups is 1. The van der Waals surface area contributed by atoms with Crippen molar-refractivity contribution in [3.63, 3.8) is 0 Å². The third-order valence-electron chi connectivity index (χ3n) is 3.95. The van der Waals surface area contributed by atoms with Crippen LogP contribution in [0.3, 0.4) is 0 Å². The predicted octanol–water partition coefficient (Wildman–Crippen LogP) is 2.94. The zero-order valence-corrected chi connectivity index (χ0v) is 11.8. The second kappa shape index (κ2) is 5.94. The minimum Gasteiger partial charge on any atom is -0.441 e. The van der Waals surface area contributed by atoms with Crippen molar-refractivity contribution in [3.8, 4) is 0 Å². The van der Waals surface area contributed by atoms with Crippen LogP contribution in [0.2, 0.25) is 0 Å². The van der Waals surface area contributed by atoms with Crippen molar-refractivity contribution in [1.82, 2.24) is 4.98 Å². The number of aliphatic hydroxyl groups excluding tert-OH is 1. The van der Waals surface area contributed by atoms with Gasteiger partial charge >= 0.3 is 0 Å². The lowest BCUT2D eigenvalue weighted by Gasteiger charge is -2.35. The van der Waals surface area contributed by atoms with Gasteiger partial charge in [0.05, 0.1) is 18.6 Å². The largest absolute Gasteiger partial charge is 0.441 e. The molecule has 0 amide bonds. The summed E-state index contributed by atoms with van der Waals surface area (Å²) in [5, 5.41) is 10.1. The molecule has 1 fully saturated rings. The van der Waals surface area contributed by atoms with Crippen LogP contribution in [-0.4, -0.2) is 28.9 Å². The molecule has 2 aromatic rings. The van der Waals surface area contributed by atoms with Gasteiger partial charge < -0.3 is 14.3 Å². The normalized spacial score (nSPS) is 23.7. The Balaban J connectivity index is 1.50. The zero-order chi connectivity index (χ0) is 13.9. The lowest BCUT2D eigenvalue weighted by molar-refractivity contribution is -0.0379. The summed E-state index contributed by atoms with van der Waals surface area (Å²) in [6.07, 6.45) is 3.46. The smallest absolute Gasteiger partial charge is 0.198 e. The Morgan fingerprint density at radius 2 is 2.20 bits per heavy atom. The van der Waals surface area contributed by atoms with Gasteiger partial charge in [-0.15, -0.1) is 0 Å². The van der Waals surface area contributed by atoms with Crippen molar-refractivity contribution < 1.29 is 14.3 Å². The van der Waals surface area contributed by atoms with Gasteiger partial charge in [0.25, 0.3) is 0 Å². The van der Waals surface area contributed by atoms with E-state index >= 15 is 0 Å². The van der Waals surface area contributed by atoms with E-state index < -0.39 is 0 Å². The molecule has 20 heavy (non-hydrogen) atoms. The zero-order valence-electron chi connectivity index (χ0n) is 11.8. The first kappa shape index (κ1) is 13.6. The monoisotopic (exact) mass is 275 g/mol. The van der Waals surface area contributed by atoms with E-state index in [1.54, 1.807) is 0 Å². The molecule has 1 aliphatic carbocycles. The number of ether oxygens (including phenoxy) is 1. The minimum atomic E-state index is -0.379. The number of hydrogen-bond acceptors (Lipinski definition) is 4. The maximum Gasteiger partial charge on any atom is 0.198 e. The third-order valence-corrected chi connectivity index (χ3v) is 3.95. The summed E-state index contributed by atoms with van der Waals surface area (Å²) in [7, 11) is 0. The van der Waals surface area contributed by atoms with Crippen LogP contribution in [0.25, 0.3) is 11.1 Å². The summed E-state index contributed by atoms with van der Waals surface area (Å²) in [5.41, 5.74) is 1.64. The summed E-state index contributed by atoms with van der Waals surface area (Å²) in [4.78, 5) is 4.40. The molecule has 1 aromatic carbocycles. The molecule has 4 nitrogen and oxygen atoms in total. The van der Waals surface area contributed by atoms with E-state index in [2.05, 4.69) is 4.98 Å². The summed E-state index contributed by atoms with van der Waals surface area (Å²) >= 11 is 0. The third kappa shape index (κ3) is 3.02. The average Bonchev–Trinajstić information content (AvgIpc) is 2.78. The molecule has 0 spiro atoms. The van der Waals surface area contributed by atoms with E-state index in [0.717, 1.165) is 37.0 Å². The lowest BCUT2D eigenvalue weighted by atomic mass is 9.78. The van der Waals surface area contributed by atoms with Crippen LogP contribution >= 0.6 is 0 Å². The fourth-order valence-corrected chi connectivity index (χ4v) is 2.92. The van der Waals surface area contributed by atoms with E-state index in [9.17, 15) is 5.11 Å². The van der Waals surface area contributed by atoms with Crippen LogP contribution in [0.15, 0.2) is 28.7 Å². The van der Waals surface area contributed by atoms with Gasteiger partial charge in [-0.3, -0.25) is 0 Å². The number of oxazole rings is 1. The molecule has 0 radical (unpaired) electrons. The van der Waals surface area contributed by atoms with Crippen molar-refractivity contribution in [3.05, 3.63) is 30.2 Å². The number of para-hydroxylation sites is 2. The van der Waals surface area contributed by atoms with Crippen molar-refractivity contribution in [2.24, 2.45) is 5.92 Å². The van der Waals surface area contributed by atoms with E-state index in [-0.39, 0.29) is 6.10 Å². The Morgan fingerprint density at radius 3 is 2.95 bits per heavy atom. The summed E-state index contributed by atoms with van der Waals surface area (Å²) in [6.45, 7) is 2.80. The highest BCUT2D eigenvalue weighted by Gasteiger charge is 2.31. The van der Waals surface area contributed by atoms with E-state index in [4.69, 9.17) is 9.15 Å². The van der Waals surface area contributed by atoms with E-state index in [1.165, 1.54) is 0 Å². The van der Waals surface area contributed by atoms with Crippen molar-refractivity contribution in [2.75, 3.05) is 6.61 Å². The summed E-state index contributed by atoms with van der Waals surface area (Å²) in [6, 6.07) is 7.69. The number of fused-ring (bicyclic) bond motifs is 1. The van der Waals surface area contributed by atoms with Gasteiger partial charge in [0.15, 0.2) is 11.5 Å². The van der Waals surface area contributed by atoms with Crippen LogP contribution < -0.4 is 0 Å². The van der Waals surface area contributed by atoms with Crippen LogP contribution in [0, 0.1) is 5.92 Å². The number of nitrogens with zero attached hydrogens (tertiary/aromatic N) is 1. The molecule has 3 rings (SSSR count). The van der Waals surface area contributed by atoms with Crippen LogP contribution in [0.5, 0.6) is 0 Å². The maximum absolute atomic E-state index is 10.1. The molecule has 4 heteroatoms. The second-order valence-electron chi connectivity index (χ2n) is 5.58. The highest BCUT2D eigenvalue weighted by atomic mass is 16.5. The number of rotatable bonds is 6. The van der Waals surface area contributed by atoms with Crippen molar-refractivity contribution in [1.29, 1.82) is 0 Å². The van der Waals surface area contributed by atoms with E-state index in [1.807, 2.05) is 31.2 Å². The molecular formula is C16H21NO3. The molecule has 1 atom stereocenters. The Morgan fingerprint density at radius 1 is 1.40 bits per heavy atom. The standard InChI is InChI=1S/C16H21NO3/c1-2-19-13-8-11(9-13)7-12(18)10-16-17-14-5-3-4-6-15(14)20-16/h3-6,11-13,18H,2,7-10H2,1H3. The molecule has 1 unspecified atom stereocenters. The van der Waals surface area contributed by atoms with Gasteiger partial charge in [0, 0.05) is 6.61 Å². The first-order chi connectivity index (χ1) is 9.74. The first-order valence-electron chi connectivity index (χ1n) is 7.38. The summed E-state index contributed by atoms with van der Waals surface area (Å²) in [5.74, 6) is 1.20. The van der Waals surface area contributed by atoms with Gasteiger partial charge in [-0.2, -0.15) is 0 Å². The van der Waals surface area contributed by atoms with Gasteiger partial charge in [0.1, 0.15) is 5.52 Å². The van der Waals surface area contributed by atoms with Crippen LogP contribution in [-0.2, 0) is 11.2 Å². The Hall–Kier alpha value is -1.39. The van der Waals surface area contributed by atoms with Crippen molar-refractivity contribution >= 4 is 11.1 Å². The molecule has 1 aliphatic rings. The molecule has 1 heterocycles. The van der Waals surface area contributed by atoms with Crippen LogP contribution in [0.4, 0.5) is 0 Å². The Kier molecular flexibility index (Phi) is 4.03. The average molecular weight is 275 g/mol. The van der Waals surface area contributed by atoms with Gasteiger partial charge in [-0.1, -0.05) is 12.1 Å². The maximum atomic E-state index is 10.1. The highest BCUT2D eigenvalue weighted by Crippen LogP contribution is 2.34. The molecule has 0 aliphatic heterocycles. The summed E-state index contributed by atoms with van der Waals surface area (Å²) < 4.78 is 11.2. The minimum absolute atomic E-state index is 0.379. The number of hydrogen-bond donors (Lipinski definition) is 1. The van der Waals surface area contributed by atoms with Gasteiger partial charge in [-0.05, 0) is 44.2 Å². The van der Waals surface area contributed by atoms with Crippen molar-refractivity contribution in [2.45, 2.75) is 44.8 Å². The molecule has 1 saturated carbocycles. The molecule has 1 aromatic heterocycles. The van der Waals surface area contributed by atoms with Crippen LogP contribution in [0.1, 0.15) is 32.1 Å². The SMILES string of the molecule is CCOC1CC(CC(O)Cc2nc3ccccc3o2)C1. The Bertz CT molecular complexity index is 527. The highest BCUT2D eigenvalue weighted by molar-refractivity contribution is 5.72. The number of aromatic nitrogens is 1. The molecule has 0 saturated heterocycles. The topological polar surface area (TPSA) is 55.5 Å². The fraction of sp³-hybridized carbons (Fsp3) is 0.562. The molecule has 0 bridgehead atoms. The lowest BCUT2D eigenvalue weighted by Crippen LogP contribution is -2.34. The van der Waals surface area contributed by atoms with E-state index in [0.29, 0.717) is 24.3 Å². The molecular weight excluding hydrogens is 254 g/mol. The Labute approximate surface area is 118 Å². The van der Waals surface area contributed by atoms with Gasteiger partial charge in [0.2, 0.25) is 0 Å². The fourth-order valence-electron chi connectivity index (χ4n) is 2.92. The molecule has 1 N–H and O–H groups in total. The number of benzene rings is 1. The second-order valence-corrected chi connectivity index (χ2v) is 5.58. The first-order valence-corrected chi connectivity index (χ1v) is 7.38. The quantitative estimate of drug-likeness (QED) is 0.880. The molecule has 108 valence electrons. The predicted molar refractivity (Wildman–Crippen MR) is 76.5 cm³/mol. The van der Waals surface area contributed by atoms with Gasteiger partial charge in [-0.25, -0.2) is 4.98 Å².